The summed E-state index contributed by atoms with van der Waals surface area (Å²) in [5.41, 5.74) is 8.75. The van der Waals surface area contributed by atoms with E-state index in [-0.39, 0.29) is 47.0 Å². The maximum Gasteiger partial charge on any atom is 1.00 e. The van der Waals surface area contributed by atoms with Gasteiger partial charge in [-0.2, -0.15) is 10.2 Å². The Morgan fingerprint density at radius 3 is 1.54 bits per heavy atom. The largest absolute Gasteiger partial charge is 1.00 e. The van der Waals surface area contributed by atoms with Crippen molar-refractivity contribution in [3.05, 3.63) is 144 Å². The number of carboxylic acids is 1. The quantitative estimate of drug-likeness (QED) is 0.155. The van der Waals surface area contributed by atoms with E-state index in [1.54, 1.807) is 81.1 Å². The molecular formula is C41H33F2LiN6O6. The Morgan fingerprint density at radius 1 is 0.661 bits per heavy atom. The zero-order chi connectivity index (χ0) is 37.2. The van der Waals surface area contributed by atoms with Crippen molar-refractivity contribution in [2.45, 2.75) is 13.8 Å². The summed E-state index contributed by atoms with van der Waals surface area (Å²) in [5.74, 6) is -2.03. The number of aromatic amines is 2. The molecule has 4 aromatic heterocycles. The monoisotopic (exact) mass is 750 g/mol. The summed E-state index contributed by atoms with van der Waals surface area (Å²) in [6, 6.07) is 24.3. The fourth-order valence-corrected chi connectivity index (χ4v) is 6.19. The minimum atomic E-state index is -1.04. The minimum absolute atomic E-state index is 0. The van der Waals surface area contributed by atoms with Crippen LogP contribution in [-0.4, -0.2) is 65.5 Å². The molecule has 15 heteroatoms. The summed E-state index contributed by atoms with van der Waals surface area (Å²) >= 11 is 0. The molecule has 8 rings (SSSR count). The van der Waals surface area contributed by atoms with Crippen molar-refractivity contribution in [1.29, 1.82) is 0 Å². The van der Waals surface area contributed by atoms with Crippen LogP contribution in [0.2, 0.25) is 0 Å². The van der Waals surface area contributed by atoms with Crippen LogP contribution in [0.15, 0.2) is 110 Å². The number of pyridine rings is 2. The Balaban J connectivity index is 0.000000236. The number of carbonyl (C=O) groups is 2. The molecule has 278 valence electrons. The van der Waals surface area contributed by atoms with Crippen LogP contribution < -0.4 is 18.9 Å². The number of aromatic carboxylic acids is 1. The van der Waals surface area contributed by atoms with Gasteiger partial charge in [0.05, 0.1) is 53.1 Å². The van der Waals surface area contributed by atoms with Gasteiger partial charge in [0.25, 0.3) is 0 Å². The van der Waals surface area contributed by atoms with Gasteiger partial charge in [0.1, 0.15) is 11.6 Å². The van der Waals surface area contributed by atoms with Gasteiger partial charge in [-0.3, -0.25) is 20.2 Å². The molecular weight excluding hydrogens is 717 g/mol. The van der Waals surface area contributed by atoms with Crippen molar-refractivity contribution in [3.8, 4) is 44.8 Å². The summed E-state index contributed by atoms with van der Waals surface area (Å²) in [7, 11) is 1.34. The molecule has 6 N–H and O–H groups in total. The van der Waals surface area contributed by atoms with Crippen molar-refractivity contribution in [3.63, 3.8) is 0 Å². The molecule has 0 aliphatic carbocycles. The topological polar surface area (TPSA) is 208 Å². The number of carbonyl (C=O) groups excluding carboxylic acids is 1. The number of halogens is 2. The first-order valence-corrected chi connectivity index (χ1v) is 16.3. The van der Waals surface area contributed by atoms with Crippen LogP contribution in [-0.2, 0) is 4.74 Å². The smallest absolute Gasteiger partial charge is 0.870 e. The predicted octanol–water partition coefficient (Wildman–Crippen LogP) is 4.97. The molecule has 56 heavy (non-hydrogen) atoms. The third kappa shape index (κ3) is 8.24. The number of aryl methyl sites for hydroxylation is 2. The molecule has 0 fully saturated rings. The van der Waals surface area contributed by atoms with Crippen LogP contribution in [0.1, 0.15) is 31.8 Å². The normalized spacial score (nSPS) is 10.4. The summed E-state index contributed by atoms with van der Waals surface area (Å²) in [4.78, 5) is 32.8. The van der Waals surface area contributed by atoms with E-state index in [9.17, 15) is 23.5 Å². The Labute approximate surface area is 330 Å². The van der Waals surface area contributed by atoms with Crippen LogP contribution >= 0.6 is 0 Å². The number of H-pyrrole nitrogens is 2. The van der Waals surface area contributed by atoms with E-state index >= 15 is 0 Å². The second-order valence-corrected chi connectivity index (χ2v) is 12.2. The average Bonchev–Trinajstić information content (AvgIpc) is 3.86. The molecule has 0 radical (unpaired) electrons. The molecule has 0 spiro atoms. The van der Waals surface area contributed by atoms with Gasteiger partial charge in [-0.15, -0.1) is 0 Å². The van der Waals surface area contributed by atoms with Crippen molar-refractivity contribution in [1.82, 2.24) is 30.4 Å². The van der Waals surface area contributed by atoms with Crippen molar-refractivity contribution < 1.29 is 58.0 Å². The van der Waals surface area contributed by atoms with Gasteiger partial charge in [0.15, 0.2) is 0 Å². The molecule has 0 bridgehead atoms. The number of esters is 1. The third-order valence-corrected chi connectivity index (χ3v) is 8.83. The van der Waals surface area contributed by atoms with Gasteiger partial charge < -0.3 is 20.8 Å². The van der Waals surface area contributed by atoms with E-state index in [2.05, 4.69) is 30.4 Å². The first kappa shape index (κ1) is 42.2. The van der Waals surface area contributed by atoms with Gasteiger partial charge in [0, 0.05) is 45.4 Å². The molecule has 0 saturated heterocycles. The van der Waals surface area contributed by atoms with Crippen LogP contribution in [0.25, 0.3) is 66.6 Å². The number of aromatic nitrogens is 6. The molecule has 4 heterocycles. The van der Waals surface area contributed by atoms with E-state index in [4.69, 9.17) is 4.74 Å². The fraction of sp³-hybridized carbons (Fsp3) is 0.0732. The van der Waals surface area contributed by atoms with Gasteiger partial charge in [0.2, 0.25) is 0 Å². The van der Waals surface area contributed by atoms with E-state index in [1.165, 1.54) is 19.2 Å². The van der Waals surface area contributed by atoms with Crippen molar-refractivity contribution in [2.24, 2.45) is 0 Å². The summed E-state index contributed by atoms with van der Waals surface area (Å²) in [5, 5.41) is 24.5. The van der Waals surface area contributed by atoms with Crippen LogP contribution in [0.5, 0.6) is 0 Å². The van der Waals surface area contributed by atoms with E-state index in [1.807, 2.05) is 30.3 Å². The standard InChI is InChI=1S/C21H16FN3O2.C20H14FN3O2.Li.2H2O/c1-12-8-13(5-6-18(12)22)19-16(4-3-7-23-19)14-9-15-11-24-25-20(15)17(10-14)21(26)27-2;1-11-7-12(4-5-17(11)21)18-15(3-2-6-22-18)13-8-14-10-23-24-19(14)16(9-13)20(25)26;;;/h3-11H,1-2H3,(H,24,25);2-10H,1H3,(H,23,24)(H,25,26);;2*1H2/q;;+1;;/p-1. The number of hydrogen-bond donors (Lipinski definition) is 3. The van der Waals surface area contributed by atoms with Gasteiger partial charge >= 0.3 is 30.8 Å². The number of hydrogen-bond acceptors (Lipinski definition) is 8. The molecule has 0 atom stereocenters. The zero-order valence-electron chi connectivity index (χ0n) is 30.6. The third-order valence-electron chi connectivity index (χ3n) is 8.83. The maximum absolute atomic E-state index is 13.7. The summed E-state index contributed by atoms with van der Waals surface area (Å²) in [6.45, 7) is 3.41. The summed E-state index contributed by atoms with van der Waals surface area (Å²) in [6.07, 6.45) is 6.59. The van der Waals surface area contributed by atoms with E-state index in [0.29, 0.717) is 50.1 Å². The molecule has 12 nitrogen and oxygen atoms in total. The van der Waals surface area contributed by atoms with Crippen LogP contribution in [0.4, 0.5) is 8.78 Å². The molecule has 0 unspecified atom stereocenters. The van der Waals surface area contributed by atoms with Gasteiger partial charge in [-0.1, -0.05) is 12.1 Å². The molecule has 0 saturated carbocycles. The van der Waals surface area contributed by atoms with Crippen LogP contribution in [0.3, 0.4) is 0 Å². The average molecular weight is 751 g/mol. The number of rotatable bonds is 6. The van der Waals surface area contributed by atoms with E-state index < -0.39 is 11.9 Å². The molecule has 0 amide bonds. The molecule has 0 aliphatic rings. The number of methoxy groups -OCH3 is 1. The Morgan fingerprint density at radius 2 is 1.11 bits per heavy atom. The van der Waals surface area contributed by atoms with Crippen molar-refractivity contribution >= 4 is 33.7 Å². The number of fused-ring (bicyclic) bond motifs is 2. The summed E-state index contributed by atoms with van der Waals surface area (Å²) < 4.78 is 32.2. The first-order chi connectivity index (χ1) is 25.6. The number of benzene rings is 4. The Hall–Kier alpha value is -6.56. The second-order valence-electron chi connectivity index (χ2n) is 12.2. The van der Waals surface area contributed by atoms with Gasteiger partial charge in [-0.05, 0) is 109 Å². The number of carboxylic acid groups (broad SMARTS) is 1. The maximum atomic E-state index is 13.7. The molecule has 8 aromatic rings. The number of nitrogens with one attached hydrogen (secondary N) is 2. The SMILES string of the molecule is COC(=O)c1cc(-c2cccnc2-c2ccc(F)c(C)c2)cc2cn[nH]c12.Cc1cc(-c2ncccc2-c2cc(C(=O)O)c3[nH]ncc3c2)ccc1F.O.[Li+].[OH-]. The fourth-order valence-electron chi connectivity index (χ4n) is 6.19. The van der Waals surface area contributed by atoms with Gasteiger partial charge in [-0.25, -0.2) is 18.4 Å². The number of ether oxygens (including phenoxy) is 1. The second kappa shape index (κ2) is 17.7. The zero-order valence-corrected chi connectivity index (χ0v) is 30.6. The molecule has 0 aliphatic heterocycles. The van der Waals surface area contributed by atoms with Crippen LogP contribution in [0, 0.1) is 25.5 Å². The van der Waals surface area contributed by atoms with E-state index in [0.717, 1.165) is 33.2 Å². The minimum Gasteiger partial charge on any atom is -0.870 e. The van der Waals surface area contributed by atoms with Crippen molar-refractivity contribution in [2.75, 3.05) is 7.11 Å². The Kier molecular flexibility index (Phi) is 13.3. The predicted molar refractivity (Wildman–Crippen MR) is 203 cm³/mol. The molecule has 4 aromatic carbocycles. The number of nitrogens with zero attached hydrogens (tertiary/aromatic N) is 4. The Bertz CT molecular complexity index is 2700. The first-order valence-electron chi connectivity index (χ1n) is 16.3.